The number of para-hydroxylation sites is 1. The molecular weight excluding hydrogens is 434 g/mol. The van der Waals surface area contributed by atoms with Crippen LogP contribution in [-0.4, -0.2) is 49.1 Å². The van der Waals surface area contributed by atoms with Crippen LogP contribution in [0.3, 0.4) is 0 Å². The summed E-state index contributed by atoms with van der Waals surface area (Å²) >= 11 is 0. The van der Waals surface area contributed by atoms with Crippen molar-refractivity contribution in [1.29, 1.82) is 0 Å². The van der Waals surface area contributed by atoms with Crippen molar-refractivity contribution >= 4 is 17.5 Å². The molecule has 0 unspecified atom stereocenters. The van der Waals surface area contributed by atoms with Gasteiger partial charge in [-0.15, -0.1) is 0 Å². The molecule has 2 fully saturated rings. The Hall–Kier alpha value is -3.13. The molecule has 5 atom stereocenters. The summed E-state index contributed by atoms with van der Waals surface area (Å²) in [6, 6.07) is 10.5. The highest BCUT2D eigenvalue weighted by molar-refractivity contribution is 5.92. The number of rotatable bonds is 5. The molecule has 1 aliphatic carbocycles. The largest absolute Gasteiger partial charge is 0.459 e. The normalized spacial score (nSPS) is 27.9. The van der Waals surface area contributed by atoms with E-state index in [2.05, 4.69) is 22.8 Å². The van der Waals surface area contributed by atoms with E-state index in [1.54, 1.807) is 7.11 Å². The predicted molar refractivity (Wildman–Crippen MR) is 126 cm³/mol. The van der Waals surface area contributed by atoms with Crippen LogP contribution in [0.4, 0.5) is 5.69 Å². The van der Waals surface area contributed by atoms with Crippen molar-refractivity contribution in [2.45, 2.75) is 50.2 Å². The third kappa shape index (κ3) is 4.22. The Kier molecular flexibility index (Phi) is 6.41. The first kappa shape index (κ1) is 22.7. The van der Waals surface area contributed by atoms with Crippen molar-refractivity contribution in [3.8, 4) is 0 Å². The Balaban J connectivity index is 1.38. The van der Waals surface area contributed by atoms with Crippen LogP contribution in [0.5, 0.6) is 0 Å². The Bertz CT molecular complexity index is 1120. The lowest BCUT2D eigenvalue weighted by molar-refractivity contribution is -0.139. The smallest absolute Gasteiger partial charge is 0.287 e. The molecule has 2 amide bonds. The minimum atomic E-state index is -0.450. The van der Waals surface area contributed by atoms with Gasteiger partial charge >= 0.3 is 0 Å². The number of hydrogen-bond acceptors (Lipinski definition) is 6. The summed E-state index contributed by atoms with van der Waals surface area (Å²) in [5.74, 6) is -0.405. The summed E-state index contributed by atoms with van der Waals surface area (Å²) in [4.78, 5) is 40.4. The molecule has 0 spiro atoms. The molecule has 8 nitrogen and oxygen atoms in total. The molecule has 2 aliphatic heterocycles. The number of ether oxygens (including phenoxy) is 1. The number of methoxy groups -OCH3 is 1. The van der Waals surface area contributed by atoms with Gasteiger partial charge in [-0.25, -0.2) is 0 Å². The van der Waals surface area contributed by atoms with Crippen LogP contribution < -0.4 is 16.1 Å². The van der Waals surface area contributed by atoms with Crippen LogP contribution in [0.2, 0.25) is 0 Å². The first-order chi connectivity index (χ1) is 16.6. The summed E-state index contributed by atoms with van der Waals surface area (Å²) < 4.78 is 10.7. The lowest BCUT2D eigenvalue weighted by Gasteiger charge is -2.41. The van der Waals surface area contributed by atoms with Crippen molar-refractivity contribution in [2.24, 2.45) is 11.8 Å². The van der Waals surface area contributed by atoms with Gasteiger partial charge < -0.3 is 24.7 Å². The molecule has 1 saturated heterocycles. The molecule has 3 heterocycles. The second-order valence-electron chi connectivity index (χ2n) is 9.52. The van der Waals surface area contributed by atoms with Crippen molar-refractivity contribution in [1.82, 2.24) is 10.2 Å². The molecule has 2 N–H and O–H groups in total. The Labute approximate surface area is 198 Å². The minimum absolute atomic E-state index is 0.00415. The van der Waals surface area contributed by atoms with Gasteiger partial charge in [0.05, 0.1) is 30.9 Å². The minimum Gasteiger partial charge on any atom is -0.459 e. The highest BCUT2D eigenvalue weighted by atomic mass is 16.5. The Morgan fingerprint density at radius 1 is 1.18 bits per heavy atom. The topological polar surface area (TPSA) is 101 Å². The monoisotopic (exact) mass is 465 g/mol. The van der Waals surface area contributed by atoms with Gasteiger partial charge in [-0.2, -0.15) is 0 Å². The second kappa shape index (κ2) is 9.62. The third-order valence-electron chi connectivity index (χ3n) is 7.54. The molecule has 5 rings (SSSR count). The van der Waals surface area contributed by atoms with E-state index in [1.807, 2.05) is 17.0 Å². The van der Waals surface area contributed by atoms with E-state index in [-0.39, 0.29) is 47.1 Å². The summed E-state index contributed by atoms with van der Waals surface area (Å²) in [6.45, 7) is 1.27. The summed E-state index contributed by atoms with van der Waals surface area (Å²) in [6.07, 6.45) is 5.49. The molecule has 2 aromatic rings. The molecule has 3 aliphatic rings. The number of carbonyl (C=O) groups is 2. The van der Waals surface area contributed by atoms with Gasteiger partial charge in [0.25, 0.3) is 5.91 Å². The number of nitrogens with one attached hydrogen (secondary N) is 2. The summed E-state index contributed by atoms with van der Waals surface area (Å²) in [7, 11) is 1.71. The predicted octanol–water partition coefficient (Wildman–Crippen LogP) is 2.96. The fraction of sp³-hybridized carbons (Fsp3) is 0.500. The molecule has 180 valence electrons. The van der Waals surface area contributed by atoms with Crippen LogP contribution in [0.15, 0.2) is 51.9 Å². The fourth-order valence-electron chi connectivity index (χ4n) is 5.98. The fourth-order valence-corrected chi connectivity index (χ4v) is 5.98. The van der Waals surface area contributed by atoms with Crippen molar-refractivity contribution < 1.29 is 18.7 Å². The van der Waals surface area contributed by atoms with E-state index >= 15 is 0 Å². The van der Waals surface area contributed by atoms with Crippen molar-refractivity contribution in [3.63, 3.8) is 0 Å². The van der Waals surface area contributed by atoms with Crippen LogP contribution in [0.1, 0.15) is 54.3 Å². The number of likely N-dealkylation sites (tertiary alicyclic amines) is 1. The average Bonchev–Trinajstić information content (AvgIpc) is 3.30. The van der Waals surface area contributed by atoms with Crippen molar-refractivity contribution in [3.05, 3.63) is 64.2 Å². The molecule has 34 heavy (non-hydrogen) atoms. The van der Waals surface area contributed by atoms with E-state index in [9.17, 15) is 14.4 Å². The number of benzene rings is 1. The van der Waals surface area contributed by atoms with Gasteiger partial charge in [-0.05, 0) is 30.9 Å². The zero-order chi connectivity index (χ0) is 23.7. The van der Waals surface area contributed by atoms with Gasteiger partial charge in [0.2, 0.25) is 5.91 Å². The maximum absolute atomic E-state index is 14.0. The highest BCUT2D eigenvalue weighted by Gasteiger charge is 2.48. The summed E-state index contributed by atoms with van der Waals surface area (Å²) in [5.41, 5.74) is 1.91. The van der Waals surface area contributed by atoms with E-state index in [0.29, 0.717) is 13.2 Å². The van der Waals surface area contributed by atoms with Crippen LogP contribution in [0.25, 0.3) is 0 Å². The van der Waals surface area contributed by atoms with Crippen LogP contribution >= 0.6 is 0 Å². The SMILES string of the molecule is COC[C@@H]1Nc2ccccc2[C@H]2[C@@H]1CCN2C(=O)[C@H]1CCCC[C@H]1NC(=O)c1cc(=O)cco1. The molecule has 1 aromatic carbocycles. The maximum atomic E-state index is 14.0. The zero-order valence-corrected chi connectivity index (χ0v) is 19.4. The molecule has 0 radical (unpaired) electrons. The van der Waals surface area contributed by atoms with Gasteiger partial charge in [0, 0.05) is 43.4 Å². The Morgan fingerprint density at radius 2 is 2.00 bits per heavy atom. The molecule has 8 heteroatoms. The van der Waals surface area contributed by atoms with Crippen LogP contribution in [-0.2, 0) is 9.53 Å². The Morgan fingerprint density at radius 3 is 2.82 bits per heavy atom. The number of fused-ring (bicyclic) bond motifs is 3. The molecular formula is C26H31N3O5. The van der Waals surface area contributed by atoms with Gasteiger partial charge in [0.15, 0.2) is 11.2 Å². The van der Waals surface area contributed by atoms with E-state index in [0.717, 1.165) is 43.4 Å². The number of hydrogen-bond donors (Lipinski definition) is 2. The maximum Gasteiger partial charge on any atom is 0.287 e. The van der Waals surface area contributed by atoms with E-state index in [4.69, 9.17) is 9.15 Å². The first-order valence-electron chi connectivity index (χ1n) is 12.1. The number of carbonyl (C=O) groups excluding carboxylic acids is 2. The van der Waals surface area contributed by atoms with Crippen molar-refractivity contribution in [2.75, 3.05) is 25.6 Å². The number of amides is 2. The molecule has 1 saturated carbocycles. The quantitative estimate of drug-likeness (QED) is 0.704. The number of anilines is 1. The average molecular weight is 466 g/mol. The standard InChI is InChI=1S/C26H31N3O5/c1-33-15-22-18-10-12-29(24(18)17-6-2-4-8-20(17)27-22)26(32)19-7-3-5-9-21(19)28-25(31)23-14-16(30)11-13-34-23/h2,4,6,8,11,13-14,18-19,21-22,24,27H,3,5,7,9-10,12,15H2,1H3,(H,28,31)/t18-,19+,21-,22+,24+/m1/s1. The molecule has 0 bridgehead atoms. The highest BCUT2D eigenvalue weighted by Crippen LogP contribution is 2.47. The van der Waals surface area contributed by atoms with Crippen LogP contribution in [0, 0.1) is 11.8 Å². The number of nitrogens with zero attached hydrogens (tertiary/aromatic N) is 1. The van der Waals surface area contributed by atoms with E-state index < -0.39 is 5.91 Å². The lowest BCUT2D eigenvalue weighted by atomic mass is 9.81. The third-order valence-corrected chi connectivity index (χ3v) is 7.54. The molecule has 1 aromatic heterocycles. The van der Waals surface area contributed by atoms with Gasteiger partial charge in [0.1, 0.15) is 0 Å². The van der Waals surface area contributed by atoms with E-state index in [1.165, 1.54) is 18.4 Å². The lowest BCUT2D eigenvalue weighted by Crippen LogP contribution is -2.50. The van der Waals surface area contributed by atoms with Gasteiger partial charge in [-0.3, -0.25) is 14.4 Å². The summed E-state index contributed by atoms with van der Waals surface area (Å²) in [5, 5.41) is 6.60. The van der Waals surface area contributed by atoms with Gasteiger partial charge in [-0.1, -0.05) is 31.0 Å². The first-order valence-corrected chi connectivity index (χ1v) is 12.1. The zero-order valence-electron chi connectivity index (χ0n) is 19.4. The second-order valence-corrected chi connectivity index (χ2v) is 9.52.